The Hall–Kier alpha value is -1.11. The van der Waals surface area contributed by atoms with Gasteiger partial charge in [0.25, 0.3) is 0 Å². The molecular weight excluding hydrogens is 288 g/mol. The fourth-order valence-corrected chi connectivity index (χ4v) is 5.28. The van der Waals surface area contributed by atoms with Gasteiger partial charge in [-0.3, -0.25) is 0 Å². The van der Waals surface area contributed by atoms with Gasteiger partial charge in [0.15, 0.2) is 0 Å². The molecule has 3 aliphatic rings. The van der Waals surface area contributed by atoms with Crippen molar-refractivity contribution < 1.29 is 13.2 Å². The first kappa shape index (κ1) is 13.5. The summed E-state index contributed by atoms with van der Waals surface area (Å²) in [5, 5.41) is 3.38. The van der Waals surface area contributed by atoms with Crippen LogP contribution in [0.5, 0.6) is 5.75 Å². The highest BCUT2D eigenvalue weighted by molar-refractivity contribution is 7.89. The third-order valence-corrected chi connectivity index (χ3v) is 6.46. The maximum Gasteiger partial charge on any atom is 0.240 e. The van der Waals surface area contributed by atoms with Crippen molar-refractivity contribution in [2.75, 3.05) is 19.7 Å². The average Bonchev–Trinajstić information content (AvgIpc) is 2.99. The number of piperidine rings is 1. The van der Waals surface area contributed by atoms with Crippen molar-refractivity contribution in [1.82, 2.24) is 10.0 Å². The van der Waals surface area contributed by atoms with E-state index >= 15 is 0 Å². The Morgan fingerprint density at radius 1 is 1.19 bits per heavy atom. The van der Waals surface area contributed by atoms with E-state index < -0.39 is 10.0 Å². The highest BCUT2D eigenvalue weighted by Crippen LogP contribution is 2.35. The van der Waals surface area contributed by atoms with Crippen LogP contribution in [0.1, 0.15) is 18.4 Å². The Kier molecular flexibility index (Phi) is 3.20. The lowest BCUT2D eigenvalue weighted by Crippen LogP contribution is -2.50. The first-order valence-electron chi connectivity index (χ1n) is 7.62. The second kappa shape index (κ2) is 4.97. The molecule has 2 fully saturated rings. The summed E-state index contributed by atoms with van der Waals surface area (Å²) in [7, 11) is -3.44. The van der Waals surface area contributed by atoms with E-state index in [9.17, 15) is 8.42 Å². The number of benzene rings is 1. The number of rotatable bonds is 3. The molecule has 0 spiro atoms. The SMILES string of the molecule is O=S(=O)(NC1C2CCC1CNC2)c1ccc2c(c1)CCO2. The van der Waals surface area contributed by atoms with Gasteiger partial charge in [0, 0.05) is 12.5 Å². The van der Waals surface area contributed by atoms with Crippen molar-refractivity contribution in [1.29, 1.82) is 0 Å². The van der Waals surface area contributed by atoms with Crippen LogP contribution in [0.3, 0.4) is 0 Å². The van der Waals surface area contributed by atoms with Crippen molar-refractivity contribution in [2.45, 2.75) is 30.2 Å². The molecular formula is C15H20N2O3S. The van der Waals surface area contributed by atoms with Crippen molar-refractivity contribution in [2.24, 2.45) is 11.8 Å². The molecule has 1 aromatic carbocycles. The molecule has 1 aromatic rings. The molecule has 1 aliphatic carbocycles. The molecule has 2 atom stereocenters. The van der Waals surface area contributed by atoms with Crippen molar-refractivity contribution in [3.63, 3.8) is 0 Å². The van der Waals surface area contributed by atoms with Crippen LogP contribution in [0.4, 0.5) is 0 Å². The van der Waals surface area contributed by atoms with Crippen LogP contribution in [0, 0.1) is 11.8 Å². The second-order valence-corrected chi connectivity index (χ2v) is 7.98. The Bertz CT molecular complexity index is 643. The number of sulfonamides is 1. The molecule has 1 saturated carbocycles. The van der Waals surface area contributed by atoms with Crippen LogP contribution in [0.15, 0.2) is 23.1 Å². The average molecular weight is 308 g/mol. The predicted molar refractivity (Wildman–Crippen MR) is 78.8 cm³/mol. The van der Waals surface area contributed by atoms with Crippen LogP contribution in [0.25, 0.3) is 0 Å². The Morgan fingerprint density at radius 2 is 1.95 bits per heavy atom. The molecule has 2 heterocycles. The van der Waals surface area contributed by atoms with Crippen molar-refractivity contribution >= 4 is 10.0 Å². The van der Waals surface area contributed by atoms with Crippen LogP contribution < -0.4 is 14.8 Å². The van der Waals surface area contributed by atoms with Gasteiger partial charge in [0.2, 0.25) is 10.0 Å². The fourth-order valence-electron chi connectivity index (χ4n) is 3.85. The Balaban J connectivity index is 1.59. The Morgan fingerprint density at radius 3 is 2.71 bits per heavy atom. The maximum atomic E-state index is 12.6. The highest BCUT2D eigenvalue weighted by atomic mass is 32.2. The fraction of sp³-hybridized carbons (Fsp3) is 0.600. The molecule has 2 bridgehead atoms. The zero-order valence-electron chi connectivity index (χ0n) is 11.8. The van der Waals surface area contributed by atoms with E-state index in [4.69, 9.17) is 4.74 Å². The highest BCUT2D eigenvalue weighted by Gasteiger charge is 2.41. The molecule has 2 N–H and O–H groups in total. The van der Waals surface area contributed by atoms with E-state index in [1.54, 1.807) is 18.2 Å². The van der Waals surface area contributed by atoms with Gasteiger partial charge in [0.1, 0.15) is 5.75 Å². The molecule has 114 valence electrons. The number of nitrogens with one attached hydrogen (secondary N) is 2. The van der Waals surface area contributed by atoms with Gasteiger partial charge in [-0.2, -0.15) is 0 Å². The summed E-state index contributed by atoms with van der Waals surface area (Å²) in [4.78, 5) is 0.365. The third-order valence-electron chi connectivity index (χ3n) is 5.00. The molecule has 0 radical (unpaired) electrons. The van der Waals surface area contributed by atoms with Gasteiger partial charge in [0.05, 0.1) is 11.5 Å². The van der Waals surface area contributed by atoms with E-state index in [0.29, 0.717) is 23.3 Å². The summed E-state index contributed by atoms with van der Waals surface area (Å²) >= 11 is 0. The van der Waals surface area contributed by atoms with E-state index in [1.807, 2.05) is 0 Å². The quantitative estimate of drug-likeness (QED) is 0.870. The van der Waals surface area contributed by atoms with Gasteiger partial charge in [-0.05, 0) is 61.5 Å². The summed E-state index contributed by atoms with van der Waals surface area (Å²) in [6, 6.07) is 5.26. The van der Waals surface area contributed by atoms with Crippen molar-refractivity contribution in [3.05, 3.63) is 23.8 Å². The summed E-state index contributed by atoms with van der Waals surface area (Å²) < 4.78 is 33.7. The topological polar surface area (TPSA) is 67.4 Å². The summed E-state index contributed by atoms with van der Waals surface area (Å²) in [6.45, 7) is 2.48. The van der Waals surface area contributed by atoms with E-state index in [1.165, 1.54) is 0 Å². The minimum absolute atomic E-state index is 0.0840. The molecule has 6 heteroatoms. The van der Waals surface area contributed by atoms with E-state index in [2.05, 4.69) is 10.0 Å². The molecule has 0 aromatic heterocycles. The predicted octanol–water partition coefficient (Wildman–Crippen LogP) is 0.898. The van der Waals surface area contributed by atoms with Gasteiger partial charge < -0.3 is 10.1 Å². The summed E-state index contributed by atoms with van der Waals surface area (Å²) in [5.41, 5.74) is 0.992. The Labute approximate surface area is 125 Å². The van der Waals surface area contributed by atoms with Gasteiger partial charge in [-0.15, -0.1) is 0 Å². The lowest BCUT2D eigenvalue weighted by atomic mass is 9.95. The van der Waals surface area contributed by atoms with Gasteiger partial charge in [-0.25, -0.2) is 13.1 Å². The summed E-state index contributed by atoms with van der Waals surface area (Å²) in [5.74, 6) is 1.67. The molecule has 5 nitrogen and oxygen atoms in total. The third kappa shape index (κ3) is 2.35. The van der Waals surface area contributed by atoms with Gasteiger partial charge >= 0.3 is 0 Å². The van der Waals surface area contributed by atoms with Crippen LogP contribution >= 0.6 is 0 Å². The van der Waals surface area contributed by atoms with Gasteiger partial charge in [-0.1, -0.05) is 0 Å². The first-order chi connectivity index (χ1) is 10.1. The zero-order chi connectivity index (χ0) is 14.4. The van der Waals surface area contributed by atoms with E-state index in [0.717, 1.165) is 43.7 Å². The lowest BCUT2D eigenvalue weighted by Gasteiger charge is -2.31. The summed E-state index contributed by atoms with van der Waals surface area (Å²) in [6.07, 6.45) is 3.02. The minimum atomic E-state index is -3.44. The molecule has 2 unspecified atom stereocenters. The zero-order valence-corrected chi connectivity index (χ0v) is 12.7. The number of hydrogen-bond acceptors (Lipinski definition) is 4. The molecule has 0 amide bonds. The maximum absolute atomic E-state index is 12.6. The second-order valence-electron chi connectivity index (χ2n) is 6.27. The molecule has 1 saturated heterocycles. The van der Waals surface area contributed by atoms with Crippen LogP contribution in [0.2, 0.25) is 0 Å². The standard InChI is InChI=1S/C15H20N2O3S/c18-21(19,13-3-4-14-10(7-13)5-6-20-14)17-15-11-1-2-12(15)9-16-8-11/h3-4,7,11-12,15-17H,1-2,5-6,8-9H2. The lowest BCUT2D eigenvalue weighted by molar-refractivity contribution is 0.302. The van der Waals surface area contributed by atoms with Crippen molar-refractivity contribution in [3.8, 4) is 5.75 Å². The smallest absolute Gasteiger partial charge is 0.240 e. The molecule has 4 rings (SSSR count). The van der Waals surface area contributed by atoms with Crippen LogP contribution in [-0.2, 0) is 16.4 Å². The first-order valence-corrected chi connectivity index (χ1v) is 9.10. The minimum Gasteiger partial charge on any atom is -0.493 e. The normalized spacial score (nSPS) is 31.0. The number of hydrogen-bond donors (Lipinski definition) is 2. The number of fused-ring (bicyclic) bond motifs is 3. The largest absolute Gasteiger partial charge is 0.493 e. The molecule has 21 heavy (non-hydrogen) atoms. The molecule has 2 aliphatic heterocycles. The van der Waals surface area contributed by atoms with Crippen LogP contribution in [-0.4, -0.2) is 34.2 Å². The monoisotopic (exact) mass is 308 g/mol. The number of ether oxygens (including phenoxy) is 1. The van der Waals surface area contributed by atoms with E-state index in [-0.39, 0.29) is 6.04 Å².